The van der Waals surface area contributed by atoms with Crippen LogP contribution in [0.15, 0.2) is 12.6 Å². The van der Waals surface area contributed by atoms with Crippen molar-refractivity contribution in [3.8, 4) is 0 Å². The molecular weight excluding hydrogens is 148 g/mol. The Morgan fingerprint density at radius 2 is 2.30 bits per heavy atom. The Hall–Kier alpha value is -0.890. The van der Waals surface area contributed by atoms with E-state index in [9.17, 15) is 0 Å². The first kappa shape index (κ1) is 7.22. The van der Waals surface area contributed by atoms with Crippen LogP contribution in [0.2, 0.25) is 5.28 Å². The maximum atomic E-state index is 5.56. The summed E-state index contributed by atoms with van der Waals surface area (Å²) in [5.74, 6) is 0. The van der Waals surface area contributed by atoms with Crippen molar-refractivity contribution in [2.24, 2.45) is 0 Å². The van der Waals surface area contributed by atoms with E-state index in [1.54, 1.807) is 6.08 Å². The second-order valence-electron chi connectivity index (χ2n) is 1.91. The van der Waals surface area contributed by atoms with Crippen LogP contribution in [-0.4, -0.2) is 9.97 Å². The number of aromatic nitrogens is 2. The molecule has 0 aliphatic rings. The van der Waals surface area contributed by atoms with E-state index in [1.807, 2.05) is 13.0 Å². The summed E-state index contributed by atoms with van der Waals surface area (Å²) in [6.07, 6.45) is 1.64. The van der Waals surface area contributed by atoms with Crippen LogP contribution in [-0.2, 0) is 0 Å². The van der Waals surface area contributed by atoms with Crippen LogP contribution >= 0.6 is 11.6 Å². The third-order valence-electron chi connectivity index (χ3n) is 1.06. The lowest BCUT2D eigenvalue weighted by atomic mass is 10.3. The quantitative estimate of drug-likeness (QED) is 0.579. The highest BCUT2D eigenvalue weighted by Crippen LogP contribution is 2.05. The molecule has 1 heterocycles. The van der Waals surface area contributed by atoms with Gasteiger partial charge in [-0.25, -0.2) is 9.97 Å². The summed E-state index contributed by atoms with van der Waals surface area (Å²) in [4.78, 5) is 7.78. The Morgan fingerprint density at radius 3 is 2.80 bits per heavy atom. The number of aryl methyl sites for hydroxylation is 1. The van der Waals surface area contributed by atoms with Gasteiger partial charge >= 0.3 is 0 Å². The van der Waals surface area contributed by atoms with Crippen LogP contribution in [0.25, 0.3) is 6.08 Å². The van der Waals surface area contributed by atoms with Crippen LogP contribution in [0.4, 0.5) is 0 Å². The van der Waals surface area contributed by atoms with E-state index in [0.29, 0.717) is 0 Å². The van der Waals surface area contributed by atoms with Gasteiger partial charge in [0.2, 0.25) is 5.28 Å². The summed E-state index contributed by atoms with van der Waals surface area (Å²) in [6, 6.07) is 1.82. The summed E-state index contributed by atoms with van der Waals surface area (Å²) in [5.41, 5.74) is 1.62. The van der Waals surface area contributed by atoms with Crippen molar-refractivity contribution in [1.82, 2.24) is 9.97 Å². The number of halogens is 1. The molecule has 3 heteroatoms. The topological polar surface area (TPSA) is 25.8 Å². The molecule has 0 aromatic carbocycles. The average Bonchev–Trinajstić information content (AvgIpc) is 1.85. The Balaban J connectivity index is 3.18. The molecule has 1 aromatic rings. The van der Waals surface area contributed by atoms with Crippen molar-refractivity contribution < 1.29 is 0 Å². The van der Waals surface area contributed by atoms with E-state index in [-0.39, 0.29) is 5.28 Å². The summed E-state index contributed by atoms with van der Waals surface area (Å²) in [7, 11) is 0. The molecule has 0 saturated heterocycles. The third-order valence-corrected chi connectivity index (χ3v) is 1.22. The second kappa shape index (κ2) is 2.80. The molecule has 0 bridgehead atoms. The molecule has 0 atom stereocenters. The molecule has 0 unspecified atom stereocenters. The van der Waals surface area contributed by atoms with E-state index in [0.717, 1.165) is 11.4 Å². The van der Waals surface area contributed by atoms with Crippen molar-refractivity contribution in [3.63, 3.8) is 0 Å². The summed E-state index contributed by atoms with van der Waals surface area (Å²) in [5, 5.41) is 0.273. The Bertz CT molecular complexity index is 238. The molecule has 0 spiro atoms. The Morgan fingerprint density at radius 1 is 1.60 bits per heavy atom. The molecule has 1 aromatic heterocycles. The summed E-state index contributed by atoms with van der Waals surface area (Å²) >= 11 is 5.56. The van der Waals surface area contributed by atoms with E-state index >= 15 is 0 Å². The molecule has 0 amide bonds. The minimum absolute atomic E-state index is 0.273. The van der Waals surface area contributed by atoms with Crippen LogP contribution in [0, 0.1) is 6.92 Å². The van der Waals surface area contributed by atoms with Gasteiger partial charge in [-0.05, 0) is 30.7 Å². The molecule has 1 rings (SSSR count). The average molecular weight is 155 g/mol. The summed E-state index contributed by atoms with van der Waals surface area (Å²) in [6.45, 7) is 5.43. The predicted octanol–water partition coefficient (Wildman–Crippen LogP) is 2.08. The van der Waals surface area contributed by atoms with Gasteiger partial charge in [-0.1, -0.05) is 6.58 Å². The normalized spacial score (nSPS) is 9.40. The van der Waals surface area contributed by atoms with Crippen LogP contribution in [0.3, 0.4) is 0 Å². The lowest BCUT2D eigenvalue weighted by Crippen LogP contribution is -1.88. The van der Waals surface area contributed by atoms with Gasteiger partial charge in [-0.2, -0.15) is 0 Å². The first-order chi connectivity index (χ1) is 4.72. The fourth-order valence-electron chi connectivity index (χ4n) is 0.660. The minimum atomic E-state index is 0.273. The highest BCUT2D eigenvalue weighted by Gasteiger charge is 1.94. The molecule has 0 aliphatic heterocycles. The van der Waals surface area contributed by atoms with E-state index in [1.165, 1.54) is 0 Å². The molecule has 0 fully saturated rings. The van der Waals surface area contributed by atoms with Gasteiger partial charge in [0.15, 0.2) is 0 Å². The summed E-state index contributed by atoms with van der Waals surface area (Å²) < 4.78 is 0. The number of hydrogen-bond acceptors (Lipinski definition) is 2. The second-order valence-corrected chi connectivity index (χ2v) is 2.25. The van der Waals surface area contributed by atoms with Gasteiger partial charge in [-0.3, -0.25) is 0 Å². The molecule has 0 radical (unpaired) electrons. The van der Waals surface area contributed by atoms with Crippen molar-refractivity contribution in [1.29, 1.82) is 0 Å². The zero-order valence-electron chi connectivity index (χ0n) is 5.63. The zero-order chi connectivity index (χ0) is 7.56. The van der Waals surface area contributed by atoms with Gasteiger partial charge in [0.1, 0.15) is 0 Å². The largest absolute Gasteiger partial charge is 0.223 e. The Labute approximate surface area is 64.6 Å². The number of hydrogen-bond donors (Lipinski definition) is 0. The van der Waals surface area contributed by atoms with Gasteiger partial charge in [0, 0.05) is 5.69 Å². The Kier molecular flexibility index (Phi) is 2.02. The van der Waals surface area contributed by atoms with Gasteiger partial charge in [0.25, 0.3) is 0 Å². The van der Waals surface area contributed by atoms with E-state index in [4.69, 9.17) is 11.6 Å². The highest BCUT2D eigenvalue weighted by molar-refractivity contribution is 6.28. The molecule has 52 valence electrons. The van der Waals surface area contributed by atoms with E-state index in [2.05, 4.69) is 16.5 Å². The van der Waals surface area contributed by atoms with Crippen molar-refractivity contribution in [2.75, 3.05) is 0 Å². The number of nitrogens with zero attached hydrogens (tertiary/aromatic N) is 2. The molecule has 10 heavy (non-hydrogen) atoms. The van der Waals surface area contributed by atoms with Gasteiger partial charge < -0.3 is 0 Å². The van der Waals surface area contributed by atoms with Crippen LogP contribution < -0.4 is 0 Å². The SMILES string of the molecule is C=Cc1cc(C)nc(Cl)n1. The molecule has 0 aliphatic carbocycles. The fraction of sp³-hybridized carbons (Fsp3) is 0.143. The molecular formula is C7H7ClN2. The lowest BCUT2D eigenvalue weighted by Gasteiger charge is -1.94. The molecule has 0 saturated carbocycles. The third kappa shape index (κ3) is 1.54. The minimum Gasteiger partial charge on any atom is -0.223 e. The zero-order valence-corrected chi connectivity index (χ0v) is 6.39. The van der Waals surface area contributed by atoms with Crippen LogP contribution in [0.5, 0.6) is 0 Å². The van der Waals surface area contributed by atoms with Crippen molar-refractivity contribution in [2.45, 2.75) is 6.92 Å². The van der Waals surface area contributed by atoms with Crippen molar-refractivity contribution >= 4 is 17.7 Å². The van der Waals surface area contributed by atoms with Crippen LogP contribution in [0.1, 0.15) is 11.4 Å². The molecule has 0 N–H and O–H groups in total. The smallest absolute Gasteiger partial charge is 0.223 e. The first-order valence-corrected chi connectivity index (χ1v) is 3.24. The predicted molar refractivity (Wildman–Crippen MR) is 41.9 cm³/mol. The van der Waals surface area contributed by atoms with Gasteiger partial charge in [0.05, 0.1) is 5.69 Å². The van der Waals surface area contributed by atoms with Gasteiger partial charge in [-0.15, -0.1) is 0 Å². The highest BCUT2D eigenvalue weighted by atomic mass is 35.5. The first-order valence-electron chi connectivity index (χ1n) is 2.86. The lowest BCUT2D eigenvalue weighted by molar-refractivity contribution is 1.09. The maximum Gasteiger partial charge on any atom is 0.223 e. The monoisotopic (exact) mass is 154 g/mol. The van der Waals surface area contributed by atoms with E-state index < -0.39 is 0 Å². The maximum absolute atomic E-state index is 5.56. The number of rotatable bonds is 1. The molecule has 2 nitrogen and oxygen atoms in total. The standard InChI is InChI=1S/C7H7ClN2/c1-3-6-4-5(2)9-7(8)10-6/h3-4H,1H2,2H3. The van der Waals surface area contributed by atoms with Crippen molar-refractivity contribution in [3.05, 3.63) is 29.3 Å². The fourth-order valence-corrected chi connectivity index (χ4v) is 0.891.